The van der Waals surface area contributed by atoms with Crippen molar-refractivity contribution in [2.24, 2.45) is 0 Å². The van der Waals surface area contributed by atoms with Crippen LogP contribution in [0.4, 0.5) is 0 Å². The third-order valence-corrected chi connectivity index (χ3v) is 5.64. The van der Waals surface area contributed by atoms with Gasteiger partial charge in [-0.1, -0.05) is 23.8 Å². The molecular weight excluding hydrogens is 370 g/mol. The molecule has 3 rings (SSSR count). The molecule has 6 heteroatoms. The first-order valence-corrected chi connectivity index (χ1v) is 10.1. The summed E-state index contributed by atoms with van der Waals surface area (Å²) in [5, 5.41) is 4.22. The molecule has 1 aliphatic heterocycles. The summed E-state index contributed by atoms with van der Waals surface area (Å²) in [6.07, 6.45) is 0. The third-order valence-electron chi connectivity index (χ3n) is 5.24. The third kappa shape index (κ3) is 5.36. The number of hydrogen-bond acceptors (Lipinski definition) is 3. The number of aryl methyl sites for hydroxylation is 1. The first-order valence-electron chi connectivity index (χ1n) is 9.72. The van der Waals surface area contributed by atoms with E-state index in [1.807, 2.05) is 12.1 Å². The molecule has 1 heterocycles. The second-order valence-corrected chi connectivity index (χ2v) is 7.62. The molecule has 1 aliphatic rings. The van der Waals surface area contributed by atoms with Crippen molar-refractivity contribution in [2.75, 3.05) is 40.4 Å². The fourth-order valence-corrected chi connectivity index (χ4v) is 3.81. The normalized spacial score (nSPS) is 14.6. The van der Waals surface area contributed by atoms with Crippen molar-refractivity contribution in [3.05, 3.63) is 59.2 Å². The predicted octanol–water partition coefficient (Wildman–Crippen LogP) is 1.79. The van der Waals surface area contributed by atoms with Gasteiger partial charge in [0.1, 0.15) is 18.0 Å². The van der Waals surface area contributed by atoms with Gasteiger partial charge < -0.3 is 24.6 Å². The van der Waals surface area contributed by atoms with Crippen LogP contribution in [0.2, 0.25) is 0 Å². The Labute approximate surface area is 173 Å². The average molecular weight is 401 g/mol. The Bertz CT molecular complexity index is 787. The Kier molecular flexibility index (Phi) is 7.12. The number of rotatable bonds is 6. The molecule has 0 aliphatic carbocycles. The number of benzene rings is 2. The molecule has 0 bridgehead atoms. The summed E-state index contributed by atoms with van der Waals surface area (Å²) >= 11 is 5.61. The number of piperazine rings is 1. The van der Waals surface area contributed by atoms with Gasteiger partial charge in [-0.25, -0.2) is 0 Å². The smallest absolute Gasteiger partial charge is 0.169 e. The van der Waals surface area contributed by atoms with E-state index in [9.17, 15) is 0 Å². The number of ether oxygens (including phenoxy) is 2. The van der Waals surface area contributed by atoms with Gasteiger partial charge in [-0.15, -0.1) is 0 Å². The second kappa shape index (κ2) is 9.75. The molecule has 0 atom stereocenters. The molecule has 0 spiro atoms. The molecule has 2 aromatic rings. The highest BCUT2D eigenvalue weighted by atomic mass is 32.1. The molecule has 2 N–H and O–H groups in total. The predicted molar refractivity (Wildman–Crippen MR) is 116 cm³/mol. The largest absolute Gasteiger partial charge is 0.497 e. The first-order chi connectivity index (χ1) is 13.6. The summed E-state index contributed by atoms with van der Waals surface area (Å²) in [4.78, 5) is 3.84. The van der Waals surface area contributed by atoms with E-state index >= 15 is 0 Å². The zero-order chi connectivity index (χ0) is 19.9. The molecule has 0 aromatic heterocycles. The zero-order valence-electron chi connectivity index (χ0n) is 17.0. The maximum atomic E-state index is 5.61. The quantitative estimate of drug-likeness (QED) is 0.724. The number of thiocarbonyl (C=S) groups is 1. The van der Waals surface area contributed by atoms with Crippen LogP contribution < -0.4 is 19.7 Å². The monoisotopic (exact) mass is 400 g/mol. The number of quaternary nitrogens is 1. The average Bonchev–Trinajstić information content (AvgIpc) is 2.73. The minimum atomic E-state index is 0.733. The van der Waals surface area contributed by atoms with Crippen molar-refractivity contribution >= 4 is 17.3 Å². The van der Waals surface area contributed by atoms with Crippen LogP contribution in [0.15, 0.2) is 42.5 Å². The van der Waals surface area contributed by atoms with Crippen molar-refractivity contribution in [3.8, 4) is 11.5 Å². The molecule has 28 heavy (non-hydrogen) atoms. The standard InChI is InChI=1S/C22H29N3O2S/c1-17-4-9-21(27-3)19(14-17)16-24-10-12-25(13-11-24)22(28)23-15-18-5-7-20(26-2)8-6-18/h4-9,14H,10-13,15-16H2,1-3H3,(H,23,28)/p+1. The SMILES string of the molecule is COc1ccc(CNC(=S)N2CC[NH+](Cc3cc(C)ccc3OC)CC2)cc1. The Morgan fingerprint density at radius 3 is 2.43 bits per heavy atom. The number of methoxy groups -OCH3 is 2. The molecule has 1 saturated heterocycles. The van der Waals surface area contributed by atoms with Crippen LogP contribution in [0.1, 0.15) is 16.7 Å². The molecule has 0 saturated carbocycles. The van der Waals surface area contributed by atoms with Gasteiger partial charge in [-0.2, -0.15) is 0 Å². The van der Waals surface area contributed by atoms with Crippen molar-refractivity contribution in [1.29, 1.82) is 0 Å². The summed E-state index contributed by atoms with van der Waals surface area (Å²) in [7, 11) is 3.42. The zero-order valence-corrected chi connectivity index (χ0v) is 17.8. The molecule has 0 amide bonds. The second-order valence-electron chi connectivity index (χ2n) is 7.24. The van der Waals surface area contributed by atoms with Crippen LogP contribution in [0.3, 0.4) is 0 Å². The van der Waals surface area contributed by atoms with E-state index in [1.54, 1.807) is 19.1 Å². The van der Waals surface area contributed by atoms with E-state index < -0.39 is 0 Å². The Morgan fingerprint density at radius 2 is 1.79 bits per heavy atom. The lowest BCUT2D eigenvalue weighted by Crippen LogP contribution is -3.13. The summed E-state index contributed by atoms with van der Waals surface area (Å²) in [6, 6.07) is 14.5. The fourth-order valence-electron chi connectivity index (χ4n) is 3.55. The number of nitrogens with zero attached hydrogens (tertiary/aromatic N) is 1. The summed E-state index contributed by atoms with van der Waals surface area (Å²) in [5.74, 6) is 1.85. The lowest BCUT2D eigenvalue weighted by molar-refractivity contribution is -0.917. The van der Waals surface area contributed by atoms with E-state index in [-0.39, 0.29) is 0 Å². The van der Waals surface area contributed by atoms with Gasteiger partial charge in [-0.3, -0.25) is 0 Å². The Morgan fingerprint density at radius 1 is 1.07 bits per heavy atom. The van der Waals surface area contributed by atoms with Gasteiger partial charge in [0.15, 0.2) is 5.11 Å². The number of hydrogen-bond donors (Lipinski definition) is 2. The van der Waals surface area contributed by atoms with Gasteiger partial charge in [0, 0.05) is 12.1 Å². The van der Waals surface area contributed by atoms with Crippen molar-refractivity contribution in [1.82, 2.24) is 10.2 Å². The van der Waals surface area contributed by atoms with Gasteiger partial charge in [-0.05, 0) is 49.0 Å². The van der Waals surface area contributed by atoms with Crippen LogP contribution in [0.25, 0.3) is 0 Å². The van der Waals surface area contributed by atoms with Gasteiger partial charge in [0.05, 0.1) is 40.4 Å². The minimum Gasteiger partial charge on any atom is -0.497 e. The highest BCUT2D eigenvalue weighted by Gasteiger charge is 2.22. The van der Waals surface area contributed by atoms with Crippen LogP contribution in [-0.4, -0.2) is 50.4 Å². The Hall–Kier alpha value is -2.31. The van der Waals surface area contributed by atoms with Crippen LogP contribution in [-0.2, 0) is 13.1 Å². The maximum absolute atomic E-state index is 5.61. The van der Waals surface area contributed by atoms with Gasteiger partial charge in [0.25, 0.3) is 0 Å². The lowest BCUT2D eigenvalue weighted by atomic mass is 10.1. The fraction of sp³-hybridized carbons (Fsp3) is 0.409. The summed E-state index contributed by atoms with van der Waals surface area (Å²) < 4.78 is 10.7. The first kappa shape index (κ1) is 20.4. The summed E-state index contributed by atoms with van der Waals surface area (Å²) in [5.41, 5.74) is 3.75. The highest BCUT2D eigenvalue weighted by molar-refractivity contribution is 7.80. The molecule has 0 unspecified atom stereocenters. The van der Waals surface area contributed by atoms with Crippen LogP contribution in [0, 0.1) is 6.92 Å². The van der Waals surface area contributed by atoms with Crippen molar-refractivity contribution in [3.63, 3.8) is 0 Å². The van der Waals surface area contributed by atoms with Gasteiger partial charge >= 0.3 is 0 Å². The molecule has 1 fully saturated rings. The van der Waals surface area contributed by atoms with Crippen molar-refractivity contribution < 1.29 is 14.4 Å². The minimum absolute atomic E-state index is 0.733. The van der Waals surface area contributed by atoms with E-state index in [1.165, 1.54) is 16.7 Å². The topological polar surface area (TPSA) is 38.2 Å². The molecule has 0 radical (unpaired) electrons. The van der Waals surface area contributed by atoms with E-state index in [4.69, 9.17) is 21.7 Å². The van der Waals surface area contributed by atoms with Crippen LogP contribution >= 0.6 is 12.2 Å². The summed E-state index contributed by atoms with van der Waals surface area (Å²) in [6.45, 7) is 7.93. The van der Waals surface area contributed by atoms with Crippen molar-refractivity contribution in [2.45, 2.75) is 20.0 Å². The van der Waals surface area contributed by atoms with E-state index in [0.717, 1.165) is 55.9 Å². The van der Waals surface area contributed by atoms with E-state index in [0.29, 0.717) is 0 Å². The van der Waals surface area contributed by atoms with E-state index in [2.05, 4.69) is 47.5 Å². The van der Waals surface area contributed by atoms with Gasteiger partial charge in [0.2, 0.25) is 0 Å². The van der Waals surface area contributed by atoms with Crippen LogP contribution in [0.5, 0.6) is 11.5 Å². The molecular formula is C22H30N3O2S+. The number of nitrogens with one attached hydrogen (secondary N) is 2. The highest BCUT2D eigenvalue weighted by Crippen LogP contribution is 2.18. The molecule has 5 nitrogen and oxygen atoms in total. The lowest BCUT2D eigenvalue weighted by Gasteiger charge is -2.34. The Balaban J connectivity index is 1.46. The molecule has 150 valence electrons. The molecule has 2 aromatic carbocycles. The maximum Gasteiger partial charge on any atom is 0.169 e.